The van der Waals surface area contributed by atoms with Crippen molar-refractivity contribution in [2.24, 2.45) is 4.99 Å². The zero-order chi connectivity index (χ0) is 20.3. The van der Waals surface area contributed by atoms with E-state index in [4.69, 9.17) is 18.9 Å². The summed E-state index contributed by atoms with van der Waals surface area (Å²) in [6.45, 7) is 8.60. The second kappa shape index (κ2) is 11.8. The minimum Gasteiger partial charge on any atom is -0.469 e. The van der Waals surface area contributed by atoms with E-state index in [0.717, 1.165) is 76.8 Å². The predicted octanol–water partition coefficient (Wildman–Crippen LogP) is 1.52. The lowest BCUT2D eigenvalue weighted by atomic mass is 10.2. The highest BCUT2D eigenvalue weighted by Crippen LogP contribution is 2.16. The van der Waals surface area contributed by atoms with Gasteiger partial charge in [-0.05, 0) is 38.3 Å². The second-order valence-electron chi connectivity index (χ2n) is 7.33. The maximum Gasteiger partial charge on any atom is 0.251 e. The number of hydrogen-bond donors (Lipinski definition) is 1. The van der Waals surface area contributed by atoms with E-state index in [9.17, 15) is 4.79 Å². The van der Waals surface area contributed by atoms with Crippen LogP contribution in [0.5, 0.6) is 0 Å². The van der Waals surface area contributed by atoms with E-state index in [1.165, 1.54) is 0 Å². The van der Waals surface area contributed by atoms with Gasteiger partial charge in [0.25, 0.3) is 5.91 Å². The Labute approximate surface area is 173 Å². The third-order valence-corrected chi connectivity index (χ3v) is 5.24. The van der Waals surface area contributed by atoms with Crippen LogP contribution < -0.4 is 5.32 Å². The molecule has 0 radical (unpaired) electrons. The summed E-state index contributed by atoms with van der Waals surface area (Å²) >= 11 is 0. The van der Waals surface area contributed by atoms with Crippen LogP contribution in [-0.4, -0.2) is 86.9 Å². The molecule has 2 aliphatic rings. The van der Waals surface area contributed by atoms with Gasteiger partial charge in [0.05, 0.1) is 6.26 Å². The average Bonchev–Trinajstić information content (AvgIpc) is 3.46. The van der Waals surface area contributed by atoms with E-state index in [1.54, 1.807) is 6.26 Å². The number of guanidine groups is 1. The van der Waals surface area contributed by atoms with E-state index in [0.29, 0.717) is 19.7 Å². The van der Waals surface area contributed by atoms with Crippen LogP contribution in [0.1, 0.15) is 31.9 Å². The van der Waals surface area contributed by atoms with Gasteiger partial charge in [0, 0.05) is 65.5 Å². The molecule has 2 aliphatic heterocycles. The van der Waals surface area contributed by atoms with Gasteiger partial charge in [-0.25, -0.2) is 0 Å². The summed E-state index contributed by atoms with van der Waals surface area (Å²) in [6.07, 6.45) is 4.99. The van der Waals surface area contributed by atoms with Gasteiger partial charge in [-0.15, -0.1) is 0 Å². The van der Waals surface area contributed by atoms with Crippen molar-refractivity contribution < 1.29 is 18.7 Å². The first-order chi connectivity index (χ1) is 14.3. The molecule has 0 saturated carbocycles. The molecular weight excluding hydrogens is 372 g/mol. The molecule has 1 N–H and O–H groups in total. The summed E-state index contributed by atoms with van der Waals surface area (Å²) < 4.78 is 16.4. The van der Waals surface area contributed by atoms with Crippen molar-refractivity contribution in [3.63, 3.8) is 0 Å². The summed E-state index contributed by atoms with van der Waals surface area (Å²) in [5.41, 5.74) is 0. The molecule has 0 spiro atoms. The van der Waals surface area contributed by atoms with Crippen LogP contribution in [-0.2, 0) is 20.7 Å². The van der Waals surface area contributed by atoms with Gasteiger partial charge in [-0.2, -0.15) is 0 Å². The first kappa shape index (κ1) is 21.6. The number of amides is 1. The zero-order valence-corrected chi connectivity index (χ0v) is 17.5. The van der Waals surface area contributed by atoms with Crippen molar-refractivity contribution in [3.8, 4) is 0 Å². The zero-order valence-electron chi connectivity index (χ0n) is 17.5. The van der Waals surface area contributed by atoms with Crippen molar-refractivity contribution in [2.45, 2.75) is 38.7 Å². The minimum absolute atomic E-state index is 0.142. The Bertz CT molecular complexity index is 621. The highest BCUT2D eigenvalue weighted by atomic mass is 16.5. The Kier molecular flexibility index (Phi) is 8.82. The molecule has 29 heavy (non-hydrogen) atoms. The van der Waals surface area contributed by atoms with E-state index in [2.05, 4.69) is 10.2 Å². The third-order valence-electron chi connectivity index (χ3n) is 5.24. The monoisotopic (exact) mass is 406 g/mol. The number of ether oxygens (including phenoxy) is 2. The van der Waals surface area contributed by atoms with Gasteiger partial charge in [-0.3, -0.25) is 9.79 Å². The van der Waals surface area contributed by atoms with Crippen LogP contribution in [0.4, 0.5) is 0 Å². The molecule has 0 aromatic carbocycles. The van der Waals surface area contributed by atoms with E-state index < -0.39 is 0 Å². The molecule has 2 saturated heterocycles. The standard InChI is InChI=1S/C21H34N4O4/c1-2-27-15-5-9-22-21(23-10-8-18-6-3-16-28-18)25-13-11-24(12-14-25)20(26)19-7-4-17-29-19/h3,6,16,19H,2,4-5,7-15,17H2,1H3,(H,22,23). The molecule has 8 nitrogen and oxygen atoms in total. The Morgan fingerprint density at radius 3 is 2.83 bits per heavy atom. The van der Waals surface area contributed by atoms with Gasteiger partial charge < -0.3 is 29.0 Å². The molecule has 1 aromatic heterocycles. The van der Waals surface area contributed by atoms with Crippen molar-refractivity contribution in [2.75, 3.05) is 59.1 Å². The normalized spacial score (nSPS) is 20.3. The highest BCUT2D eigenvalue weighted by Gasteiger charge is 2.30. The number of rotatable bonds is 9. The van der Waals surface area contributed by atoms with E-state index >= 15 is 0 Å². The van der Waals surface area contributed by atoms with Crippen molar-refractivity contribution in [1.82, 2.24) is 15.1 Å². The van der Waals surface area contributed by atoms with Gasteiger partial charge in [0.1, 0.15) is 11.9 Å². The lowest BCUT2D eigenvalue weighted by Gasteiger charge is -2.37. The minimum atomic E-state index is -0.236. The number of nitrogens with one attached hydrogen (secondary N) is 1. The van der Waals surface area contributed by atoms with Crippen LogP contribution in [0.15, 0.2) is 27.8 Å². The summed E-state index contributed by atoms with van der Waals surface area (Å²) in [4.78, 5) is 21.5. The summed E-state index contributed by atoms with van der Waals surface area (Å²) in [5.74, 6) is 2.00. The Hall–Kier alpha value is -2.06. The quantitative estimate of drug-likeness (QED) is 0.381. The van der Waals surface area contributed by atoms with E-state index in [-0.39, 0.29) is 12.0 Å². The topological polar surface area (TPSA) is 79.5 Å². The Balaban J connectivity index is 1.49. The predicted molar refractivity (Wildman–Crippen MR) is 111 cm³/mol. The van der Waals surface area contributed by atoms with Crippen molar-refractivity contribution in [1.29, 1.82) is 0 Å². The maximum atomic E-state index is 12.6. The molecular formula is C21H34N4O4. The van der Waals surface area contributed by atoms with Crippen LogP contribution in [0.2, 0.25) is 0 Å². The first-order valence-electron chi connectivity index (χ1n) is 10.8. The fourth-order valence-electron chi connectivity index (χ4n) is 3.63. The smallest absolute Gasteiger partial charge is 0.251 e. The lowest BCUT2D eigenvalue weighted by Crippen LogP contribution is -2.55. The first-order valence-corrected chi connectivity index (χ1v) is 10.8. The molecule has 162 valence electrons. The maximum absolute atomic E-state index is 12.6. The fourth-order valence-corrected chi connectivity index (χ4v) is 3.63. The second-order valence-corrected chi connectivity index (χ2v) is 7.33. The third kappa shape index (κ3) is 6.75. The summed E-state index contributed by atoms with van der Waals surface area (Å²) in [7, 11) is 0. The molecule has 0 bridgehead atoms. The van der Waals surface area contributed by atoms with Crippen molar-refractivity contribution >= 4 is 11.9 Å². The molecule has 2 fully saturated rings. The van der Waals surface area contributed by atoms with Crippen LogP contribution in [0.25, 0.3) is 0 Å². The molecule has 0 aliphatic carbocycles. The number of piperazine rings is 1. The molecule has 1 aromatic rings. The van der Waals surface area contributed by atoms with Gasteiger partial charge in [0.15, 0.2) is 5.96 Å². The Morgan fingerprint density at radius 1 is 1.31 bits per heavy atom. The van der Waals surface area contributed by atoms with Crippen LogP contribution in [0, 0.1) is 0 Å². The van der Waals surface area contributed by atoms with E-state index in [1.807, 2.05) is 24.0 Å². The van der Waals surface area contributed by atoms with Gasteiger partial charge in [0.2, 0.25) is 0 Å². The van der Waals surface area contributed by atoms with Gasteiger partial charge in [-0.1, -0.05) is 0 Å². The molecule has 1 unspecified atom stereocenters. The SMILES string of the molecule is CCOCCCN=C(NCCc1ccco1)N1CCN(C(=O)C2CCCO2)CC1. The van der Waals surface area contributed by atoms with Crippen LogP contribution >= 0.6 is 0 Å². The number of hydrogen-bond acceptors (Lipinski definition) is 5. The number of furan rings is 1. The molecule has 8 heteroatoms. The Morgan fingerprint density at radius 2 is 2.14 bits per heavy atom. The van der Waals surface area contributed by atoms with Gasteiger partial charge >= 0.3 is 0 Å². The number of carbonyl (C=O) groups is 1. The largest absolute Gasteiger partial charge is 0.469 e. The van der Waals surface area contributed by atoms with Crippen LogP contribution in [0.3, 0.4) is 0 Å². The number of aliphatic imine (C=N–C) groups is 1. The highest BCUT2D eigenvalue weighted by molar-refractivity contribution is 5.82. The molecule has 1 amide bonds. The summed E-state index contributed by atoms with van der Waals surface area (Å²) in [6, 6.07) is 3.89. The molecule has 1 atom stereocenters. The average molecular weight is 407 g/mol. The fraction of sp³-hybridized carbons (Fsp3) is 0.714. The number of nitrogens with zero attached hydrogens (tertiary/aromatic N) is 3. The molecule has 3 heterocycles. The van der Waals surface area contributed by atoms with Crippen molar-refractivity contribution in [3.05, 3.63) is 24.2 Å². The lowest BCUT2D eigenvalue weighted by molar-refractivity contribution is -0.142. The summed E-state index contributed by atoms with van der Waals surface area (Å²) in [5, 5.41) is 3.46. The number of carbonyl (C=O) groups excluding carboxylic acids is 1. The molecule has 3 rings (SSSR count).